The first-order valence-corrected chi connectivity index (χ1v) is 7.72. The Kier molecular flexibility index (Phi) is 7.57. The van der Waals surface area contributed by atoms with E-state index < -0.39 is 0 Å². The van der Waals surface area contributed by atoms with Crippen LogP contribution in [0.2, 0.25) is 0 Å². The Hall–Kier alpha value is -1.02. The van der Waals surface area contributed by atoms with E-state index >= 15 is 0 Å². The largest absolute Gasteiger partial charge is 0.372 e. The van der Waals surface area contributed by atoms with Crippen molar-refractivity contribution in [3.63, 3.8) is 0 Å². The molecule has 1 aromatic carbocycles. The summed E-state index contributed by atoms with van der Waals surface area (Å²) in [6, 6.07) is 9.50. The molecule has 0 amide bonds. The molecule has 0 aromatic heterocycles. The second-order valence-corrected chi connectivity index (χ2v) is 5.41. The van der Waals surface area contributed by atoms with Crippen LogP contribution < -0.4 is 10.2 Å². The van der Waals surface area contributed by atoms with E-state index in [0.717, 1.165) is 19.6 Å². The molecule has 0 aliphatic heterocycles. The maximum Gasteiger partial charge on any atom is 0.0366 e. The Bertz CT molecular complexity index is 332. The number of nitrogens with zero attached hydrogens (tertiary/aromatic N) is 1. The minimum atomic E-state index is 0.636. The lowest BCUT2D eigenvalue weighted by Crippen LogP contribution is -2.29. The second-order valence-electron chi connectivity index (χ2n) is 5.41. The van der Waals surface area contributed by atoms with Gasteiger partial charge in [-0.1, -0.05) is 24.6 Å². The minimum Gasteiger partial charge on any atom is -0.372 e. The fourth-order valence-electron chi connectivity index (χ4n) is 2.31. The fraction of sp³-hybridized carbons (Fsp3) is 0.647. The summed E-state index contributed by atoms with van der Waals surface area (Å²) < 4.78 is 0. The highest BCUT2D eigenvalue weighted by Gasteiger charge is 2.05. The molecular formula is C17H30N2. The smallest absolute Gasteiger partial charge is 0.0366 e. The van der Waals surface area contributed by atoms with Gasteiger partial charge >= 0.3 is 0 Å². The summed E-state index contributed by atoms with van der Waals surface area (Å²) in [6.45, 7) is 12.3. The average Bonchev–Trinajstić information content (AvgIpc) is 2.42. The van der Waals surface area contributed by atoms with Crippen molar-refractivity contribution in [3.05, 3.63) is 29.8 Å². The van der Waals surface area contributed by atoms with Crippen LogP contribution in [0.4, 0.5) is 5.69 Å². The predicted octanol–water partition coefficient (Wildman–Crippen LogP) is 3.99. The molecule has 1 aromatic rings. The molecule has 1 N–H and O–H groups in total. The van der Waals surface area contributed by atoms with Crippen LogP contribution >= 0.6 is 0 Å². The molecule has 0 saturated heterocycles. The number of benzene rings is 1. The fourth-order valence-corrected chi connectivity index (χ4v) is 2.31. The Balaban J connectivity index is 2.34. The third-order valence-electron chi connectivity index (χ3n) is 3.59. The monoisotopic (exact) mass is 262 g/mol. The Morgan fingerprint density at radius 1 is 1.16 bits per heavy atom. The molecule has 0 aliphatic rings. The van der Waals surface area contributed by atoms with Crippen LogP contribution in [0.1, 0.15) is 45.6 Å². The number of hydrogen-bond donors (Lipinski definition) is 1. The molecule has 1 rings (SSSR count). The normalized spacial score (nSPS) is 12.4. The molecule has 0 bridgehead atoms. The first-order chi connectivity index (χ1) is 9.17. The molecule has 0 saturated carbocycles. The highest BCUT2D eigenvalue weighted by Crippen LogP contribution is 2.15. The van der Waals surface area contributed by atoms with Crippen LogP contribution in [0.5, 0.6) is 0 Å². The van der Waals surface area contributed by atoms with E-state index in [1.807, 2.05) is 0 Å². The van der Waals surface area contributed by atoms with Crippen molar-refractivity contribution < 1.29 is 0 Å². The van der Waals surface area contributed by atoms with Crippen LogP contribution in [0, 0.1) is 6.92 Å². The lowest BCUT2D eigenvalue weighted by molar-refractivity contribution is 0.497. The standard InChI is InChI=1S/C17H30N2/c1-5-13-18-16(4)8-7-14-19(6-2)17-11-9-15(3)10-12-17/h9-12,16,18H,5-8,13-14H2,1-4H3. The van der Waals surface area contributed by atoms with Crippen molar-refractivity contribution in [2.75, 3.05) is 24.5 Å². The number of aryl methyl sites for hydroxylation is 1. The van der Waals surface area contributed by atoms with E-state index in [9.17, 15) is 0 Å². The molecule has 19 heavy (non-hydrogen) atoms. The van der Waals surface area contributed by atoms with Crippen LogP contribution in [0.15, 0.2) is 24.3 Å². The summed E-state index contributed by atoms with van der Waals surface area (Å²) in [5.41, 5.74) is 2.68. The van der Waals surface area contributed by atoms with E-state index in [2.05, 4.69) is 62.2 Å². The number of hydrogen-bond acceptors (Lipinski definition) is 2. The number of nitrogens with one attached hydrogen (secondary N) is 1. The molecule has 108 valence electrons. The molecule has 0 radical (unpaired) electrons. The SMILES string of the molecule is CCCNC(C)CCCN(CC)c1ccc(C)cc1. The first-order valence-electron chi connectivity index (χ1n) is 7.72. The van der Waals surface area contributed by atoms with Gasteiger partial charge in [0.25, 0.3) is 0 Å². The van der Waals surface area contributed by atoms with Crippen molar-refractivity contribution in [2.24, 2.45) is 0 Å². The van der Waals surface area contributed by atoms with E-state index in [0.29, 0.717) is 6.04 Å². The molecule has 1 unspecified atom stereocenters. The predicted molar refractivity (Wildman–Crippen MR) is 86.1 cm³/mol. The molecule has 1 atom stereocenters. The zero-order valence-electron chi connectivity index (χ0n) is 13.1. The van der Waals surface area contributed by atoms with E-state index in [-0.39, 0.29) is 0 Å². The lowest BCUT2D eigenvalue weighted by atomic mass is 10.1. The van der Waals surface area contributed by atoms with Gasteiger partial charge in [0.1, 0.15) is 0 Å². The van der Waals surface area contributed by atoms with Gasteiger partial charge in [0, 0.05) is 24.8 Å². The maximum atomic E-state index is 3.55. The van der Waals surface area contributed by atoms with Gasteiger partial charge < -0.3 is 10.2 Å². The summed E-state index contributed by atoms with van der Waals surface area (Å²) in [6.07, 6.45) is 3.72. The third-order valence-corrected chi connectivity index (χ3v) is 3.59. The second kappa shape index (κ2) is 8.98. The molecule has 2 heteroatoms. The third kappa shape index (κ3) is 6.11. The van der Waals surface area contributed by atoms with Crippen LogP contribution in [0.25, 0.3) is 0 Å². The topological polar surface area (TPSA) is 15.3 Å². The van der Waals surface area contributed by atoms with Gasteiger partial charge in [0.05, 0.1) is 0 Å². The van der Waals surface area contributed by atoms with Gasteiger partial charge in [-0.2, -0.15) is 0 Å². The van der Waals surface area contributed by atoms with Crippen molar-refractivity contribution in [1.82, 2.24) is 5.32 Å². The molecule has 0 heterocycles. The zero-order chi connectivity index (χ0) is 14.1. The van der Waals surface area contributed by atoms with Crippen LogP contribution in [0.3, 0.4) is 0 Å². The highest BCUT2D eigenvalue weighted by atomic mass is 15.1. The lowest BCUT2D eigenvalue weighted by Gasteiger charge is -2.24. The van der Waals surface area contributed by atoms with Gasteiger partial charge in [-0.3, -0.25) is 0 Å². The van der Waals surface area contributed by atoms with E-state index in [1.165, 1.54) is 30.5 Å². The molecule has 0 spiro atoms. The summed E-state index contributed by atoms with van der Waals surface area (Å²) in [7, 11) is 0. The maximum absolute atomic E-state index is 3.55. The number of anilines is 1. The van der Waals surface area contributed by atoms with Gasteiger partial charge in [-0.05, 0) is 58.7 Å². The van der Waals surface area contributed by atoms with Crippen molar-refractivity contribution in [3.8, 4) is 0 Å². The molecule has 0 aliphatic carbocycles. The zero-order valence-corrected chi connectivity index (χ0v) is 13.1. The average molecular weight is 262 g/mol. The van der Waals surface area contributed by atoms with Gasteiger partial charge in [-0.15, -0.1) is 0 Å². The van der Waals surface area contributed by atoms with Crippen LogP contribution in [-0.2, 0) is 0 Å². The summed E-state index contributed by atoms with van der Waals surface area (Å²) in [4.78, 5) is 2.46. The quantitative estimate of drug-likeness (QED) is 0.724. The Labute approximate surface area is 119 Å². The van der Waals surface area contributed by atoms with E-state index in [1.54, 1.807) is 0 Å². The first kappa shape index (κ1) is 16.0. The van der Waals surface area contributed by atoms with Crippen molar-refractivity contribution in [2.45, 2.75) is 53.0 Å². The van der Waals surface area contributed by atoms with Crippen molar-refractivity contribution in [1.29, 1.82) is 0 Å². The summed E-state index contributed by atoms with van der Waals surface area (Å²) in [5, 5.41) is 3.55. The summed E-state index contributed by atoms with van der Waals surface area (Å²) >= 11 is 0. The van der Waals surface area contributed by atoms with Gasteiger partial charge in [-0.25, -0.2) is 0 Å². The minimum absolute atomic E-state index is 0.636. The summed E-state index contributed by atoms with van der Waals surface area (Å²) in [5.74, 6) is 0. The highest BCUT2D eigenvalue weighted by molar-refractivity contribution is 5.47. The Morgan fingerprint density at radius 3 is 2.42 bits per heavy atom. The number of rotatable bonds is 9. The van der Waals surface area contributed by atoms with Crippen molar-refractivity contribution >= 4 is 5.69 Å². The Morgan fingerprint density at radius 2 is 1.84 bits per heavy atom. The molecule has 2 nitrogen and oxygen atoms in total. The molecule has 0 fully saturated rings. The van der Waals surface area contributed by atoms with E-state index in [4.69, 9.17) is 0 Å². The van der Waals surface area contributed by atoms with Gasteiger partial charge in [0.2, 0.25) is 0 Å². The van der Waals surface area contributed by atoms with Crippen LogP contribution in [-0.4, -0.2) is 25.7 Å². The molecular weight excluding hydrogens is 232 g/mol. The van der Waals surface area contributed by atoms with Gasteiger partial charge in [0.15, 0.2) is 0 Å².